The van der Waals surface area contributed by atoms with E-state index in [1.165, 1.54) is 10.4 Å². The number of methoxy groups -OCH3 is 1. The third-order valence-corrected chi connectivity index (χ3v) is 6.71. The molecule has 0 saturated carbocycles. The number of hydrogen-bond donors (Lipinski definition) is 1. The molecular formula is C26H38N2O5S. The summed E-state index contributed by atoms with van der Waals surface area (Å²) >= 11 is 1.74. The summed E-state index contributed by atoms with van der Waals surface area (Å²) < 4.78 is 17.0. The molecule has 0 bridgehead atoms. The second-order valence-corrected chi connectivity index (χ2v) is 10.6. The third-order valence-electron chi connectivity index (χ3n) is 5.71. The molecule has 1 aromatic carbocycles. The number of carbonyl (C=O) groups excluding carboxylic acids is 1. The molecule has 3 rings (SSSR count). The fourth-order valence-corrected chi connectivity index (χ4v) is 4.93. The predicted molar refractivity (Wildman–Crippen MR) is 134 cm³/mol. The van der Waals surface area contributed by atoms with Gasteiger partial charge < -0.3 is 24.2 Å². The first-order chi connectivity index (χ1) is 16.3. The number of aliphatic hydroxyl groups is 1. The standard InChI is InChI=1S/C26H38N2O5S/c1-26(2,3)33-18-20(29)16-27(13-14-31-4)17-25(30)28-12-10-24-22(11-15-34-24)23(28)19-32-21-8-6-5-7-9-21/h5-9,11,15,20,23,29H,10,12-14,16-19H2,1-4H3. The lowest BCUT2D eigenvalue weighted by Gasteiger charge is -2.37. The highest BCUT2D eigenvalue weighted by atomic mass is 32.1. The number of carbonyl (C=O) groups is 1. The summed E-state index contributed by atoms with van der Waals surface area (Å²) in [6.07, 6.45) is 0.159. The van der Waals surface area contributed by atoms with Gasteiger partial charge in [-0.15, -0.1) is 11.3 Å². The van der Waals surface area contributed by atoms with Gasteiger partial charge >= 0.3 is 0 Å². The van der Waals surface area contributed by atoms with Gasteiger partial charge in [0.15, 0.2) is 0 Å². The summed E-state index contributed by atoms with van der Waals surface area (Å²) in [4.78, 5) is 18.7. The number of fused-ring (bicyclic) bond motifs is 1. The molecule has 2 atom stereocenters. The van der Waals surface area contributed by atoms with E-state index in [0.29, 0.717) is 32.8 Å². The van der Waals surface area contributed by atoms with Gasteiger partial charge in [0.1, 0.15) is 12.4 Å². The molecule has 0 spiro atoms. The van der Waals surface area contributed by atoms with Gasteiger partial charge in [-0.3, -0.25) is 9.69 Å². The minimum atomic E-state index is -0.689. The molecule has 34 heavy (non-hydrogen) atoms. The van der Waals surface area contributed by atoms with Gasteiger partial charge in [0, 0.05) is 31.6 Å². The van der Waals surface area contributed by atoms with Crippen LogP contribution in [0.2, 0.25) is 0 Å². The molecule has 0 radical (unpaired) electrons. The van der Waals surface area contributed by atoms with Crippen molar-refractivity contribution < 1.29 is 24.1 Å². The van der Waals surface area contributed by atoms with Crippen LogP contribution in [0.5, 0.6) is 5.75 Å². The fourth-order valence-electron chi connectivity index (χ4n) is 4.00. The first-order valence-electron chi connectivity index (χ1n) is 11.8. The molecule has 2 heterocycles. The molecule has 2 aromatic rings. The van der Waals surface area contributed by atoms with Crippen LogP contribution >= 0.6 is 11.3 Å². The third kappa shape index (κ3) is 8.06. The van der Waals surface area contributed by atoms with Crippen molar-refractivity contribution in [2.75, 3.05) is 53.1 Å². The maximum Gasteiger partial charge on any atom is 0.237 e. The Bertz CT molecular complexity index is 883. The molecule has 0 saturated heterocycles. The number of rotatable bonds is 12. The second-order valence-electron chi connectivity index (χ2n) is 9.58. The monoisotopic (exact) mass is 490 g/mol. The maximum atomic E-state index is 13.5. The van der Waals surface area contributed by atoms with E-state index in [1.54, 1.807) is 18.4 Å². The summed E-state index contributed by atoms with van der Waals surface area (Å²) in [6, 6.07) is 11.7. The van der Waals surface area contributed by atoms with Gasteiger partial charge in [0.05, 0.1) is 37.5 Å². The number of aliphatic hydroxyl groups excluding tert-OH is 1. The van der Waals surface area contributed by atoms with Crippen LogP contribution in [0.25, 0.3) is 0 Å². The average molecular weight is 491 g/mol. The number of para-hydroxylation sites is 1. The van der Waals surface area contributed by atoms with Crippen LogP contribution in [0, 0.1) is 0 Å². The Morgan fingerprint density at radius 1 is 1.26 bits per heavy atom. The Hall–Kier alpha value is -1.97. The highest BCUT2D eigenvalue weighted by Gasteiger charge is 2.33. The Kier molecular flexibility index (Phi) is 9.91. The van der Waals surface area contributed by atoms with Crippen molar-refractivity contribution in [3.63, 3.8) is 0 Å². The smallest absolute Gasteiger partial charge is 0.237 e. The van der Waals surface area contributed by atoms with Crippen LogP contribution in [0.15, 0.2) is 41.8 Å². The quantitative estimate of drug-likeness (QED) is 0.492. The maximum absolute atomic E-state index is 13.5. The molecule has 2 unspecified atom stereocenters. The summed E-state index contributed by atoms with van der Waals surface area (Å²) in [5, 5.41) is 12.6. The van der Waals surface area contributed by atoms with Gasteiger partial charge in [-0.25, -0.2) is 0 Å². The SMILES string of the molecule is COCCN(CC(=O)N1CCc2sccc2C1COc1ccccc1)CC(O)COC(C)(C)C. The highest BCUT2D eigenvalue weighted by Crippen LogP contribution is 2.34. The van der Waals surface area contributed by atoms with Gasteiger partial charge in [-0.1, -0.05) is 18.2 Å². The van der Waals surface area contributed by atoms with Crippen molar-refractivity contribution >= 4 is 17.2 Å². The predicted octanol–water partition coefficient (Wildman–Crippen LogP) is 3.38. The fraction of sp³-hybridized carbons (Fsp3) is 0.577. The zero-order valence-electron chi connectivity index (χ0n) is 20.7. The van der Waals surface area contributed by atoms with Crippen molar-refractivity contribution in [1.29, 1.82) is 0 Å². The summed E-state index contributed by atoms with van der Waals surface area (Å²) in [5.74, 6) is 0.819. The van der Waals surface area contributed by atoms with Crippen LogP contribution in [0.3, 0.4) is 0 Å². The largest absolute Gasteiger partial charge is 0.491 e. The molecule has 1 N–H and O–H groups in total. The number of hydrogen-bond acceptors (Lipinski definition) is 7. The van der Waals surface area contributed by atoms with Crippen molar-refractivity contribution in [3.05, 3.63) is 52.2 Å². The van der Waals surface area contributed by atoms with Crippen LogP contribution in [0.4, 0.5) is 0 Å². The van der Waals surface area contributed by atoms with E-state index >= 15 is 0 Å². The molecule has 1 aliphatic rings. The molecule has 188 valence electrons. The Morgan fingerprint density at radius 2 is 2.03 bits per heavy atom. The second kappa shape index (κ2) is 12.7. The number of ether oxygens (including phenoxy) is 3. The molecule has 0 fully saturated rings. The van der Waals surface area contributed by atoms with Crippen LogP contribution in [0.1, 0.15) is 37.3 Å². The zero-order chi connectivity index (χ0) is 24.6. The van der Waals surface area contributed by atoms with Crippen LogP contribution in [-0.2, 0) is 20.7 Å². The lowest BCUT2D eigenvalue weighted by molar-refractivity contribution is -0.137. The Morgan fingerprint density at radius 3 is 2.74 bits per heavy atom. The number of thiophene rings is 1. The van der Waals surface area contributed by atoms with Crippen LogP contribution < -0.4 is 4.74 Å². The summed E-state index contributed by atoms with van der Waals surface area (Å²) in [5.41, 5.74) is 0.842. The normalized spacial score (nSPS) is 17.0. The summed E-state index contributed by atoms with van der Waals surface area (Å²) in [6.45, 7) is 8.73. The van der Waals surface area contributed by atoms with Crippen molar-refractivity contribution in [2.45, 2.75) is 44.9 Å². The minimum absolute atomic E-state index is 0.0264. The van der Waals surface area contributed by atoms with Crippen LogP contribution in [-0.4, -0.2) is 85.6 Å². The number of amides is 1. The van der Waals surface area contributed by atoms with E-state index in [-0.39, 0.29) is 30.7 Å². The molecule has 1 aromatic heterocycles. The van der Waals surface area contributed by atoms with Gasteiger partial charge in [-0.05, 0) is 56.3 Å². The van der Waals surface area contributed by atoms with Gasteiger partial charge in [0.25, 0.3) is 0 Å². The molecule has 1 amide bonds. The average Bonchev–Trinajstić information content (AvgIpc) is 3.29. The lowest BCUT2D eigenvalue weighted by atomic mass is 10.0. The van der Waals surface area contributed by atoms with E-state index in [9.17, 15) is 9.90 Å². The first-order valence-corrected chi connectivity index (χ1v) is 12.7. The number of benzene rings is 1. The molecule has 8 heteroatoms. The Labute approximate surface area is 207 Å². The van der Waals surface area contributed by atoms with E-state index in [0.717, 1.165) is 12.2 Å². The highest BCUT2D eigenvalue weighted by molar-refractivity contribution is 7.10. The zero-order valence-corrected chi connectivity index (χ0v) is 21.6. The van der Waals surface area contributed by atoms with Crippen molar-refractivity contribution in [1.82, 2.24) is 9.80 Å². The summed E-state index contributed by atoms with van der Waals surface area (Å²) in [7, 11) is 1.64. The number of nitrogens with zero attached hydrogens (tertiary/aromatic N) is 2. The molecule has 1 aliphatic heterocycles. The van der Waals surface area contributed by atoms with E-state index in [2.05, 4.69) is 11.4 Å². The molecular weight excluding hydrogens is 452 g/mol. The van der Waals surface area contributed by atoms with Crippen molar-refractivity contribution in [2.24, 2.45) is 0 Å². The minimum Gasteiger partial charge on any atom is -0.491 e. The first kappa shape index (κ1) is 26.6. The molecule has 7 nitrogen and oxygen atoms in total. The van der Waals surface area contributed by atoms with Gasteiger partial charge in [-0.2, -0.15) is 0 Å². The lowest BCUT2D eigenvalue weighted by Crippen LogP contribution is -2.48. The van der Waals surface area contributed by atoms with E-state index in [1.807, 2.05) is 60.9 Å². The topological polar surface area (TPSA) is 71.5 Å². The van der Waals surface area contributed by atoms with E-state index in [4.69, 9.17) is 14.2 Å². The van der Waals surface area contributed by atoms with Crippen molar-refractivity contribution in [3.8, 4) is 5.75 Å². The van der Waals surface area contributed by atoms with E-state index < -0.39 is 6.10 Å². The van der Waals surface area contributed by atoms with Gasteiger partial charge in [0.2, 0.25) is 5.91 Å². The Balaban J connectivity index is 1.67. The molecule has 0 aliphatic carbocycles.